The molecule has 0 bridgehead atoms. The lowest BCUT2D eigenvalue weighted by molar-refractivity contribution is 0.0952. The Morgan fingerprint density at radius 3 is 2.42 bits per heavy atom. The maximum absolute atomic E-state index is 12.4. The van der Waals surface area contributed by atoms with Crippen molar-refractivity contribution in [2.24, 2.45) is 5.10 Å². The Kier molecular flexibility index (Phi) is 8.56. The number of carbonyl (C=O) groups excluding carboxylic acids is 1. The molecule has 160 valence electrons. The summed E-state index contributed by atoms with van der Waals surface area (Å²) in [7, 11) is 1.54. The Hall–Kier alpha value is -1.85. The summed E-state index contributed by atoms with van der Waals surface area (Å²) in [5.74, 6) is 0.987. The van der Waals surface area contributed by atoms with E-state index in [1.54, 1.807) is 12.3 Å². The van der Waals surface area contributed by atoms with Gasteiger partial charge in [0.1, 0.15) is 18.1 Å². The molecule has 0 saturated carbocycles. The van der Waals surface area contributed by atoms with E-state index in [0.717, 1.165) is 29.6 Å². The molecule has 0 aliphatic heterocycles. The molecular formula is C23H19ClI2N2O3. The summed E-state index contributed by atoms with van der Waals surface area (Å²) in [6.45, 7) is 2.39. The van der Waals surface area contributed by atoms with E-state index in [2.05, 4.69) is 55.7 Å². The third-order valence-corrected chi connectivity index (χ3v) is 6.15. The minimum absolute atomic E-state index is 0.333. The molecule has 0 fully saturated rings. The molecule has 5 nitrogen and oxygen atoms in total. The van der Waals surface area contributed by atoms with Crippen LogP contribution in [0.25, 0.3) is 0 Å². The van der Waals surface area contributed by atoms with Gasteiger partial charge in [-0.25, -0.2) is 5.43 Å². The van der Waals surface area contributed by atoms with Crippen LogP contribution in [0.2, 0.25) is 5.02 Å². The number of amides is 1. The van der Waals surface area contributed by atoms with Crippen LogP contribution in [0.1, 0.15) is 27.0 Å². The molecule has 0 saturated heterocycles. The Morgan fingerprint density at radius 1 is 1.10 bits per heavy atom. The molecule has 31 heavy (non-hydrogen) atoms. The highest BCUT2D eigenvalue weighted by molar-refractivity contribution is 14.1. The minimum atomic E-state index is -0.333. The predicted molar refractivity (Wildman–Crippen MR) is 140 cm³/mol. The lowest BCUT2D eigenvalue weighted by Crippen LogP contribution is -2.18. The number of ether oxygens (including phenoxy) is 2. The summed E-state index contributed by atoms with van der Waals surface area (Å²) in [4.78, 5) is 12.4. The number of hydrogen-bond donors (Lipinski definition) is 1. The summed E-state index contributed by atoms with van der Waals surface area (Å²) < 4.78 is 13.2. The maximum Gasteiger partial charge on any atom is 0.275 e. The first kappa shape index (κ1) is 23.8. The molecule has 0 unspecified atom stereocenters. The molecule has 8 heteroatoms. The van der Waals surface area contributed by atoms with E-state index >= 15 is 0 Å². The largest absolute Gasteiger partial charge is 0.496 e. The van der Waals surface area contributed by atoms with Crippen molar-refractivity contribution in [1.82, 2.24) is 5.43 Å². The maximum atomic E-state index is 12.4. The predicted octanol–water partition coefficient (Wildman–Crippen LogP) is 6.21. The van der Waals surface area contributed by atoms with Crippen LogP contribution < -0.4 is 14.9 Å². The van der Waals surface area contributed by atoms with E-state index in [1.807, 2.05) is 55.5 Å². The van der Waals surface area contributed by atoms with Crippen molar-refractivity contribution in [2.75, 3.05) is 7.11 Å². The quantitative estimate of drug-likeness (QED) is 0.186. The summed E-state index contributed by atoms with van der Waals surface area (Å²) in [6, 6.07) is 16.8. The summed E-state index contributed by atoms with van der Waals surface area (Å²) in [6.07, 6.45) is 1.60. The first-order valence-electron chi connectivity index (χ1n) is 9.21. The molecule has 3 aromatic carbocycles. The number of methoxy groups -OCH3 is 1. The molecule has 0 aromatic heterocycles. The lowest BCUT2D eigenvalue weighted by atomic mass is 10.1. The second kappa shape index (κ2) is 11.1. The van der Waals surface area contributed by atoms with E-state index in [0.29, 0.717) is 22.9 Å². The molecule has 0 atom stereocenters. The Bertz CT molecular complexity index is 1100. The smallest absolute Gasteiger partial charge is 0.275 e. The number of rotatable bonds is 7. The standard InChI is InChI=1S/C23H19ClI2N2O3/c1-14-3-8-18(21(9-14)30-2)23(29)28-27-12-16-10-19(25)22(20(26)11-16)31-13-15-4-6-17(24)7-5-15/h3-12H,13H2,1-2H3,(H,28,29)/b27-12-. The minimum Gasteiger partial charge on any atom is -0.496 e. The van der Waals surface area contributed by atoms with Crippen LogP contribution in [0.3, 0.4) is 0 Å². The van der Waals surface area contributed by atoms with Crippen LogP contribution in [0, 0.1) is 14.1 Å². The lowest BCUT2D eigenvalue weighted by Gasteiger charge is -2.11. The fourth-order valence-corrected chi connectivity index (χ4v) is 4.99. The van der Waals surface area contributed by atoms with Gasteiger partial charge in [0.15, 0.2) is 0 Å². The van der Waals surface area contributed by atoms with Gasteiger partial charge < -0.3 is 9.47 Å². The van der Waals surface area contributed by atoms with E-state index < -0.39 is 0 Å². The van der Waals surface area contributed by atoms with Gasteiger partial charge in [0.2, 0.25) is 0 Å². The highest BCUT2D eigenvalue weighted by Crippen LogP contribution is 2.29. The normalized spacial score (nSPS) is 10.9. The molecule has 0 aliphatic carbocycles. The molecule has 0 radical (unpaired) electrons. The van der Waals surface area contributed by atoms with Crippen molar-refractivity contribution in [3.63, 3.8) is 0 Å². The SMILES string of the molecule is COc1cc(C)ccc1C(=O)N/N=C\c1cc(I)c(OCc2ccc(Cl)cc2)c(I)c1. The van der Waals surface area contributed by atoms with Crippen LogP contribution in [-0.4, -0.2) is 19.2 Å². The average Bonchev–Trinajstić information content (AvgIpc) is 2.74. The van der Waals surface area contributed by atoms with Gasteiger partial charge in [-0.3, -0.25) is 4.79 Å². The second-order valence-corrected chi connectivity index (χ2v) is 9.39. The summed E-state index contributed by atoms with van der Waals surface area (Å²) >= 11 is 10.4. The number of nitrogens with zero attached hydrogens (tertiary/aromatic N) is 1. The summed E-state index contributed by atoms with van der Waals surface area (Å²) in [5.41, 5.74) is 5.88. The Labute approximate surface area is 213 Å². The van der Waals surface area contributed by atoms with Crippen molar-refractivity contribution >= 4 is 68.9 Å². The van der Waals surface area contributed by atoms with Crippen molar-refractivity contribution in [1.29, 1.82) is 0 Å². The molecule has 0 aliphatic rings. The van der Waals surface area contributed by atoms with Gasteiger partial charge in [-0.1, -0.05) is 29.8 Å². The second-order valence-electron chi connectivity index (χ2n) is 6.63. The number of nitrogens with one attached hydrogen (secondary N) is 1. The Morgan fingerprint density at radius 2 is 1.77 bits per heavy atom. The monoisotopic (exact) mass is 660 g/mol. The molecule has 1 N–H and O–H groups in total. The summed E-state index contributed by atoms with van der Waals surface area (Å²) in [5, 5.41) is 4.79. The number of hydrazone groups is 1. The first-order valence-corrected chi connectivity index (χ1v) is 11.7. The highest BCUT2D eigenvalue weighted by atomic mass is 127. The van der Waals surface area contributed by atoms with E-state index in [9.17, 15) is 4.79 Å². The van der Waals surface area contributed by atoms with Crippen LogP contribution >= 0.6 is 56.8 Å². The molecule has 0 heterocycles. The molecule has 3 rings (SSSR count). The number of benzene rings is 3. The zero-order valence-electron chi connectivity index (χ0n) is 16.8. The molecule has 0 spiro atoms. The molecule has 1 amide bonds. The fraction of sp³-hybridized carbons (Fsp3) is 0.130. The van der Waals surface area contributed by atoms with Crippen molar-refractivity contribution < 1.29 is 14.3 Å². The van der Waals surface area contributed by atoms with Gasteiger partial charge in [0, 0.05) is 5.02 Å². The number of hydrogen-bond acceptors (Lipinski definition) is 4. The van der Waals surface area contributed by atoms with Gasteiger partial charge in [-0.05, 0) is 105 Å². The molecular weight excluding hydrogens is 642 g/mol. The van der Waals surface area contributed by atoms with E-state index in [-0.39, 0.29) is 5.91 Å². The number of carbonyl (C=O) groups is 1. The average molecular weight is 661 g/mol. The van der Waals surface area contributed by atoms with Crippen LogP contribution in [0.15, 0.2) is 59.7 Å². The third-order valence-electron chi connectivity index (χ3n) is 4.30. The van der Waals surface area contributed by atoms with E-state index in [1.165, 1.54) is 7.11 Å². The van der Waals surface area contributed by atoms with Gasteiger partial charge in [0.05, 0.1) is 26.0 Å². The van der Waals surface area contributed by atoms with Crippen LogP contribution in [0.4, 0.5) is 0 Å². The number of aryl methyl sites for hydroxylation is 1. The highest BCUT2D eigenvalue weighted by Gasteiger charge is 2.12. The van der Waals surface area contributed by atoms with Gasteiger partial charge in [-0.15, -0.1) is 0 Å². The van der Waals surface area contributed by atoms with Crippen molar-refractivity contribution in [2.45, 2.75) is 13.5 Å². The Balaban J connectivity index is 1.66. The topological polar surface area (TPSA) is 59.9 Å². The van der Waals surface area contributed by atoms with Crippen LogP contribution in [0.5, 0.6) is 11.5 Å². The third kappa shape index (κ3) is 6.56. The van der Waals surface area contributed by atoms with Crippen LogP contribution in [-0.2, 0) is 6.61 Å². The first-order chi connectivity index (χ1) is 14.9. The van der Waals surface area contributed by atoms with Crippen molar-refractivity contribution in [3.8, 4) is 11.5 Å². The zero-order chi connectivity index (χ0) is 22.4. The fourth-order valence-electron chi connectivity index (χ4n) is 2.74. The molecule has 3 aromatic rings. The van der Waals surface area contributed by atoms with E-state index in [4.69, 9.17) is 21.1 Å². The van der Waals surface area contributed by atoms with Crippen molar-refractivity contribution in [3.05, 3.63) is 89.0 Å². The zero-order valence-corrected chi connectivity index (χ0v) is 21.9. The number of halogens is 3. The van der Waals surface area contributed by atoms with Gasteiger partial charge in [-0.2, -0.15) is 5.10 Å². The van der Waals surface area contributed by atoms with Gasteiger partial charge >= 0.3 is 0 Å². The van der Waals surface area contributed by atoms with Gasteiger partial charge in [0.25, 0.3) is 5.91 Å².